The fourth-order valence-corrected chi connectivity index (χ4v) is 6.46. The molecule has 1 aliphatic heterocycles. The van der Waals surface area contributed by atoms with E-state index in [1.807, 2.05) is 13.1 Å². The molecular formula is C26H33F3N6O2S. The number of likely N-dealkylation sites (tertiary alicyclic amines) is 1. The molecule has 8 nitrogen and oxygen atoms in total. The van der Waals surface area contributed by atoms with Gasteiger partial charge in [0.15, 0.2) is 5.82 Å². The van der Waals surface area contributed by atoms with E-state index in [1.54, 1.807) is 16.0 Å². The molecule has 1 saturated heterocycles. The van der Waals surface area contributed by atoms with E-state index in [0.29, 0.717) is 36.3 Å². The van der Waals surface area contributed by atoms with Crippen molar-refractivity contribution < 1.29 is 23.1 Å². The number of aromatic nitrogens is 3. The Morgan fingerprint density at radius 2 is 1.97 bits per heavy atom. The Morgan fingerprint density at radius 1 is 1.24 bits per heavy atom. The van der Waals surface area contributed by atoms with E-state index >= 15 is 0 Å². The highest BCUT2D eigenvalue weighted by atomic mass is 32.1. The van der Waals surface area contributed by atoms with Crippen LogP contribution in [0.2, 0.25) is 0 Å². The molecule has 1 saturated carbocycles. The summed E-state index contributed by atoms with van der Waals surface area (Å²) in [6.07, 6.45) is 1.43. The molecule has 1 aromatic carbocycles. The van der Waals surface area contributed by atoms with Gasteiger partial charge < -0.3 is 15.7 Å². The normalized spacial score (nSPS) is 22.9. The Bertz CT molecular complexity index is 1290. The number of aliphatic hydroxyl groups is 1. The van der Waals surface area contributed by atoms with Gasteiger partial charge in [0.05, 0.1) is 33.6 Å². The molecule has 38 heavy (non-hydrogen) atoms. The number of fused-ring (bicyclic) bond motifs is 1. The van der Waals surface area contributed by atoms with E-state index in [-0.39, 0.29) is 24.3 Å². The van der Waals surface area contributed by atoms with Gasteiger partial charge in [0, 0.05) is 37.3 Å². The first kappa shape index (κ1) is 26.9. The summed E-state index contributed by atoms with van der Waals surface area (Å²) in [5, 5.41) is 22.8. The SMILES string of the molecule is CCc1ncc(C2(O)CCC(N3CC(NC(=O)CNc4nn(CC)c5ccc(C(F)(F)F)cc45)C3)CC2)s1. The fraction of sp³-hybridized carbons (Fsp3) is 0.577. The van der Waals surface area contributed by atoms with E-state index in [1.165, 1.54) is 6.07 Å². The lowest BCUT2D eigenvalue weighted by Crippen LogP contribution is -2.63. The van der Waals surface area contributed by atoms with Crippen molar-refractivity contribution in [3.8, 4) is 0 Å². The standard InChI is InChI=1S/C26H33F3N6O2S/c1-3-23-30-12-21(38-23)25(37)9-7-18(8-10-25)34-14-17(15-34)32-22(36)13-31-24-19-11-16(26(27,28)29)5-6-20(19)35(4-2)33-24/h5-6,11-12,17-18,37H,3-4,7-10,13-15H2,1-2H3,(H,31,33)(H,32,36). The van der Waals surface area contributed by atoms with Crippen LogP contribution in [0.3, 0.4) is 0 Å². The lowest BCUT2D eigenvalue weighted by Gasteiger charge is -2.48. The Hall–Kier alpha value is -2.70. The third-order valence-corrected chi connectivity index (χ3v) is 9.02. The van der Waals surface area contributed by atoms with Crippen LogP contribution in [0, 0.1) is 0 Å². The Balaban J connectivity index is 1.10. The van der Waals surface area contributed by atoms with E-state index in [0.717, 1.165) is 54.4 Å². The summed E-state index contributed by atoms with van der Waals surface area (Å²) in [5.41, 5.74) is -0.957. The number of carbonyl (C=O) groups is 1. The number of thiazole rings is 1. The van der Waals surface area contributed by atoms with Gasteiger partial charge in [-0.05, 0) is 57.2 Å². The minimum Gasteiger partial charge on any atom is -0.384 e. The van der Waals surface area contributed by atoms with Gasteiger partial charge in [-0.2, -0.15) is 18.3 Å². The first-order valence-electron chi connectivity index (χ1n) is 13.1. The van der Waals surface area contributed by atoms with Crippen LogP contribution in [0.5, 0.6) is 0 Å². The van der Waals surface area contributed by atoms with Gasteiger partial charge >= 0.3 is 6.18 Å². The minimum atomic E-state index is -4.45. The van der Waals surface area contributed by atoms with Crippen LogP contribution < -0.4 is 10.6 Å². The highest BCUT2D eigenvalue weighted by Crippen LogP contribution is 2.41. The number of aryl methyl sites for hydroxylation is 2. The van der Waals surface area contributed by atoms with Crippen molar-refractivity contribution in [3.63, 3.8) is 0 Å². The number of amides is 1. The van der Waals surface area contributed by atoms with Crippen LogP contribution in [0.1, 0.15) is 55.0 Å². The maximum Gasteiger partial charge on any atom is 0.416 e. The number of hydrogen-bond donors (Lipinski definition) is 3. The first-order chi connectivity index (χ1) is 18.1. The van der Waals surface area contributed by atoms with Crippen molar-refractivity contribution in [3.05, 3.63) is 39.8 Å². The van der Waals surface area contributed by atoms with Crippen molar-refractivity contribution in [1.82, 2.24) is 25.0 Å². The third-order valence-electron chi connectivity index (χ3n) is 7.68. The molecule has 12 heteroatoms. The van der Waals surface area contributed by atoms with Gasteiger partial charge in [0.2, 0.25) is 5.91 Å². The summed E-state index contributed by atoms with van der Waals surface area (Å²) in [7, 11) is 0. The fourth-order valence-electron chi connectivity index (χ4n) is 5.45. The molecule has 3 aromatic rings. The van der Waals surface area contributed by atoms with Gasteiger partial charge in [-0.25, -0.2) is 4.98 Å². The molecule has 0 bridgehead atoms. The lowest BCUT2D eigenvalue weighted by atomic mass is 9.80. The second-order valence-corrected chi connectivity index (χ2v) is 11.3. The smallest absolute Gasteiger partial charge is 0.384 e. The number of benzene rings is 1. The van der Waals surface area contributed by atoms with Crippen LogP contribution in [0.25, 0.3) is 10.9 Å². The van der Waals surface area contributed by atoms with Crippen LogP contribution in [-0.2, 0) is 29.5 Å². The molecule has 0 radical (unpaired) electrons. The van der Waals surface area contributed by atoms with E-state index < -0.39 is 17.3 Å². The third kappa shape index (κ3) is 5.39. The molecule has 2 aliphatic rings. The largest absolute Gasteiger partial charge is 0.416 e. The van der Waals surface area contributed by atoms with Gasteiger partial charge in [-0.3, -0.25) is 14.4 Å². The van der Waals surface area contributed by atoms with E-state index in [4.69, 9.17) is 0 Å². The molecule has 3 heterocycles. The molecule has 1 aliphatic carbocycles. The second-order valence-electron chi connectivity index (χ2n) is 10.2. The number of rotatable bonds is 8. The quantitative estimate of drug-likeness (QED) is 0.390. The molecule has 0 atom stereocenters. The number of hydrogen-bond acceptors (Lipinski definition) is 7. The van der Waals surface area contributed by atoms with Crippen molar-refractivity contribution in [2.75, 3.05) is 25.0 Å². The molecule has 2 aromatic heterocycles. The topological polar surface area (TPSA) is 95.3 Å². The molecule has 3 N–H and O–H groups in total. The maximum absolute atomic E-state index is 13.2. The predicted molar refractivity (Wildman–Crippen MR) is 140 cm³/mol. The predicted octanol–water partition coefficient (Wildman–Crippen LogP) is 4.14. The number of carbonyl (C=O) groups excluding carboxylic acids is 1. The molecule has 2 fully saturated rings. The van der Waals surface area contributed by atoms with Crippen molar-refractivity contribution in [2.24, 2.45) is 0 Å². The minimum absolute atomic E-state index is 0.0282. The van der Waals surface area contributed by atoms with Crippen molar-refractivity contribution in [1.29, 1.82) is 0 Å². The van der Waals surface area contributed by atoms with Gasteiger partial charge in [0.25, 0.3) is 0 Å². The second kappa shape index (κ2) is 10.5. The summed E-state index contributed by atoms with van der Waals surface area (Å²) < 4.78 is 41.2. The van der Waals surface area contributed by atoms with Gasteiger partial charge in [-0.1, -0.05) is 6.92 Å². The molecule has 206 valence electrons. The number of halogens is 3. The van der Waals surface area contributed by atoms with Gasteiger partial charge in [0.1, 0.15) is 5.60 Å². The Kier molecular flexibility index (Phi) is 7.40. The highest BCUT2D eigenvalue weighted by molar-refractivity contribution is 7.11. The molecule has 1 amide bonds. The molecular weight excluding hydrogens is 517 g/mol. The number of nitrogens with one attached hydrogen (secondary N) is 2. The highest BCUT2D eigenvalue weighted by Gasteiger charge is 2.41. The van der Waals surface area contributed by atoms with E-state index in [9.17, 15) is 23.1 Å². The molecule has 0 spiro atoms. The molecule has 0 unspecified atom stereocenters. The van der Waals surface area contributed by atoms with Crippen LogP contribution >= 0.6 is 11.3 Å². The summed E-state index contributed by atoms with van der Waals surface area (Å²) in [6.45, 7) is 5.84. The summed E-state index contributed by atoms with van der Waals surface area (Å²) in [4.78, 5) is 20.3. The summed E-state index contributed by atoms with van der Waals surface area (Å²) in [6, 6.07) is 3.94. The average molecular weight is 551 g/mol. The maximum atomic E-state index is 13.2. The monoisotopic (exact) mass is 550 g/mol. The molecule has 5 rings (SSSR count). The van der Waals surface area contributed by atoms with E-state index in [2.05, 4.69) is 32.5 Å². The average Bonchev–Trinajstić information content (AvgIpc) is 3.50. The zero-order valence-corrected chi connectivity index (χ0v) is 22.3. The lowest BCUT2D eigenvalue weighted by molar-refractivity contribution is -0.137. The summed E-state index contributed by atoms with van der Waals surface area (Å²) >= 11 is 1.60. The van der Waals surface area contributed by atoms with Crippen LogP contribution in [0.15, 0.2) is 24.4 Å². The number of nitrogens with zero attached hydrogens (tertiary/aromatic N) is 4. The summed E-state index contributed by atoms with van der Waals surface area (Å²) in [5.74, 6) is 0.0378. The van der Waals surface area contributed by atoms with Crippen molar-refractivity contribution >= 4 is 34.0 Å². The number of anilines is 1. The van der Waals surface area contributed by atoms with Crippen LogP contribution in [-0.4, -0.2) is 62.4 Å². The Labute approximate surface area is 223 Å². The zero-order valence-electron chi connectivity index (χ0n) is 21.5. The Morgan fingerprint density at radius 3 is 2.61 bits per heavy atom. The van der Waals surface area contributed by atoms with Crippen molar-refractivity contribution in [2.45, 2.75) is 76.4 Å². The first-order valence-corrected chi connectivity index (χ1v) is 13.9. The zero-order chi connectivity index (χ0) is 27.1. The van der Waals surface area contributed by atoms with Gasteiger partial charge in [-0.15, -0.1) is 11.3 Å². The number of alkyl halides is 3. The van der Waals surface area contributed by atoms with Crippen LogP contribution in [0.4, 0.5) is 19.0 Å².